The molecule has 1 fully saturated rings. The summed E-state index contributed by atoms with van der Waals surface area (Å²) in [5, 5.41) is 9.31. The van der Waals surface area contributed by atoms with E-state index in [1.165, 1.54) is 18.3 Å². The van der Waals surface area contributed by atoms with Crippen molar-refractivity contribution in [3.63, 3.8) is 0 Å². The first-order valence-corrected chi connectivity index (χ1v) is 10.9. The van der Waals surface area contributed by atoms with Gasteiger partial charge in [-0.1, -0.05) is 23.7 Å². The first-order valence-electron chi connectivity index (χ1n) is 10.5. The summed E-state index contributed by atoms with van der Waals surface area (Å²) in [6, 6.07) is 8.17. The van der Waals surface area contributed by atoms with Crippen molar-refractivity contribution in [3.8, 4) is 5.88 Å². The number of hydrogen-bond donors (Lipinski definition) is 1. The Hall–Kier alpha value is -2.71. The largest absolute Gasteiger partial charge is 0.481 e. The number of aromatic nitrogens is 1. The van der Waals surface area contributed by atoms with E-state index in [-0.39, 0.29) is 49.1 Å². The van der Waals surface area contributed by atoms with E-state index >= 15 is 0 Å². The molecule has 2 aromatic rings. The van der Waals surface area contributed by atoms with Gasteiger partial charge in [0, 0.05) is 49.9 Å². The minimum atomic E-state index is -0.937. The number of hydrogen-bond acceptors (Lipinski definition) is 5. The molecule has 3 rings (SSSR count). The number of nitrogens with zero attached hydrogens (tertiary/aromatic N) is 3. The van der Waals surface area contributed by atoms with Gasteiger partial charge in [0.2, 0.25) is 5.88 Å². The molecular formula is C23H27ClFN3O4. The number of carbonyl (C=O) groups is 2. The van der Waals surface area contributed by atoms with E-state index in [9.17, 15) is 14.0 Å². The number of carboxylic acids is 1. The molecule has 2 heterocycles. The third kappa shape index (κ3) is 6.40. The average Bonchev–Trinajstić information content (AvgIpc) is 2.75. The molecule has 1 aliphatic rings. The van der Waals surface area contributed by atoms with Crippen LogP contribution in [0.1, 0.15) is 31.4 Å². The number of aryl methyl sites for hydroxylation is 1. The molecule has 1 aliphatic heterocycles. The lowest BCUT2D eigenvalue weighted by atomic mass is 10.1. The van der Waals surface area contributed by atoms with Crippen molar-refractivity contribution in [1.82, 2.24) is 14.8 Å². The van der Waals surface area contributed by atoms with Gasteiger partial charge in [0.05, 0.1) is 5.02 Å². The standard InChI is InChI=1S/C23H27ClFN3O4/c1-15-12-28(16(2)11-27(15)13-17-3-6-20(25)7-4-17)21(29)14-32-23-18(5-8-22(30)31)9-19(24)10-26-23/h3-4,6-7,9-10,15-16H,5,8,11-14H2,1-2H3,(H,30,31). The zero-order valence-corrected chi connectivity index (χ0v) is 18.9. The SMILES string of the molecule is CC1CN(C(=O)COc2ncc(Cl)cc2CCC(=O)O)C(C)CN1Cc1ccc(F)cc1. The predicted octanol–water partition coefficient (Wildman–Crippen LogP) is 3.39. The van der Waals surface area contributed by atoms with Gasteiger partial charge in [0.1, 0.15) is 5.82 Å². The molecule has 1 aromatic carbocycles. The average molecular weight is 464 g/mol. The van der Waals surface area contributed by atoms with E-state index in [4.69, 9.17) is 21.4 Å². The molecule has 32 heavy (non-hydrogen) atoms. The zero-order valence-electron chi connectivity index (χ0n) is 18.1. The first-order chi connectivity index (χ1) is 15.2. The highest BCUT2D eigenvalue weighted by Gasteiger charge is 2.32. The molecule has 0 saturated carbocycles. The molecule has 1 N–H and O–H groups in total. The molecule has 0 aliphatic carbocycles. The minimum Gasteiger partial charge on any atom is -0.481 e. The maximum atomic E-state index is 13.2. The molecule has 7 nitrogen and oxygen atoms in total. The van der Waals surface area contributed by atoms with Crippen molar-refractivity contribution in [1.29, 1.82) is 0 Å². The van der Waals surface area contributed by atoms with Crippen molar-refractivity contribution >= 4 is 23.5 Å². The van der Waals surface area contributed by atoms with Gasteiger partial charge < -0.3 is 14.7 Å². The number of benzene rings is 1. The van der Waals surface area contributed by atoms with Gasteiger partial charge in [-0.25, -0.2) is 9.37 Å². The summed E-state index contributed by atoms with van der Waals surface area (Å²) in [6.45, 7) is 5.77. The molecule has 172 valence electrons. The fraction of sp³-hybridized carbons (Fsp3) is 0.435. The number of amides is 1. The highest BCUT2D eigenvalue weighted by Crippen LogP contribution is 2.22. The Kier molecular flexibility index (Phi) is 8.04. The number of piperazine rings is 1. The highest BCUT2D eigenvalue weighted by molar-refractivity contribution is 6.30. The minimum absolute atomic E-state index is 0.0209. The topological polar surface area (TPSA) is 83.0 Å². The number of carboxylic acid groups (broad SMARTS) is 1. The van der Waals surface area contributed by atoms with Gasteiger partial charge in [0.25, 0.3) is 5.91 Å². The summed E-state index contributed by atoms with van der Waals surface area (Å²) >= 11 is 5.97. The van der Waals surface area contributed by atoms with Crippen LogP contribution in [-0.2, 0) is 22.6 Å². The summed E-state index contributed by atoms with van der Waals surface area (Å²) < 4.78 is 18.8. The fourth-order valence-corrected chi connectivity index (χ4v) is 4.00. The monoisotopic (exact) mass is 463 g/mol. The Balaban J connectivity index is 1.58. The summed E-state index contributed by atoms with van der Waals surface area (Å²) in [5.74, 6) is -1.13. The number of ether oxygens (including phenoxy) is 1. The molecule has 0 bridgehead atoms. The second kappa shape index (κ2) is 10.7. The van der Waals surface area contributed by atoms with Crippen LogP contribution in [0.2, 0.25) is 5.02 Å². The van der Waals surface area contributed by atoms with E-state index < -0.39 is 5.97 Å². The Morgan fingerprint density at radius 2 is 1.94 bits per heavy atom. The van der Waals surface area contributed by atoms with E-state index in [2.05, 4.69) is 16.8 Å². The number of aliphatic carboxylic acids is 1. The van der Waals surface area contributed by atoms with Crippen LogP contribution in [-0.4, -0.2) is 63.5 Å². The Morgan fingerprint density at radius 3 is 2.62 bits per heavy atom. The molecule has 9 heteroatoms. The van der Waals surface area contributed by atoms with Gasteiger partial charge >= 0.3 is 5.97 Å². The molecule has 1 saturated heterocycles. The Labute approximate surface area is 191 Å². The number of halogens is 2. The molecule has 1 amide bonds. The van der Waals surface area contributed by atoms with Crippen LogP contribution in [0.3, 0.4) is 0 Å². The van der Waals surface area contributed by atoms with Gasteiger partial charge in [-0.05, 0) is 44.0 Å². The van der Waals surface area contributed by atoms with Gasteiger partial charge in [-0.15, -0.1) is 0 Å². The first kappa shape index (κ1) is 23.9. The summed E-state index contributed by atoms with van der Waals surface area (Å²) in [6.07, 6.45) is 1.53. The van der Waals surface area contributed by atoms with Crippen LogP contribution in [0.4, 0.5) is 4.39 Å². The van der Waals surface area contributed by atoms with Gasteiger partial charge in [-0.2, -0.15) is 0 Å². The lowest BCUT2D eigenvalue weighted by molar-refractivity contribution is -0.140. The van der Waals surface area contributed by atoms with Crippen LogP contribution in [0.5, 0.6) is 5.88 Å². The Bertz CT molecular complexity index is 957. The van der Waals surface area contributed by atoms with Gasteiger partial charge in [-0.3, -0.25) is 14.5 Å². The van der Waals surface area contributed by atoms with E-state index in [1.807, 2.05) is 6.92 Å². The van der Waals surface area contributed by atoms with Crippen LogP contribution in [0, 0.1) is 5.82 Å². The zero-order chi connectivity index (χ0) is 23.3. The molecule has 0 spiro atoms. The molecule has 0 radical (unpaired) electrons. The third-order valence-electron chi connectivity index (χ3n) is 5.57. The molecule has 1 aromatic heterocycles. The molecular weight excluding hydrogens is 437 g/mol. The van der Waals surface area contributed by atoms with Crippen LogP contribution < -0.4 is 4.74 Å². The second-order valence-electron chi connectivity index (χ2n) is 8.10. The lowest BCUT2D eigenvalue weighted by Gasteiger charge is -2.44. The van der Waals surface area contributed by atoms with Crippen molar-refractivity contribution < 1.29 is 23.8 Å². The summed E-state index contributed by atoms with van der Waals surface area (Å²) in [4.78, 5) is 31.9. The van der Waals surface area contributed by atoms with E-state index in [0.717, 1.165) is 5.56 Å². The smallest absolute Gasteiger partial charge is 0.303 e. The second-order valence-corrected chi connectivity index (χ2v) is 8.54. The normalized spacial score (nSPS) is 19.1. The summed E-state index contributed by atoms with van der Waals surface area (Å²) in [5.41, 5.74) is 1.58. The molecule has 2 unspecified atom stereocenters. The van der Waals surface area contributed by atoms with Crippen LogP contribution in [0.15, 0.2) is 36.5 Å². The third-order valence-corrected chi connectivity index (χ3v) is 5.77. The van der Waals surface area contributed by atoms with Crippen LogP contribution >= 0.6 is 11.6 Å². The van der Waals surface area contributed by atoms with Gasteiger partial charge in [0.15, 0.2) is 6.61 Å². The van der Waals surface area contributed by atoms with Crippen LogP contribution in [0.25, 0.3) is 0 Å². The fourth-order valence-electron chi connectivity index (χ4n) is 3.82. The summed E-state index contributed by atoms with van der Waals surface area (Å²) in [7, 11) is 0. The van der Waals surface area contributed by atoms with E-state index in [1.54, 1.807) is 23.1 Å². The number of rotatable bonds is 8. The lowest BCUT2D eigenvalue weighted by Crippen LogP contribution is -2.58. The molecule has 2 atom stereocenters. The number of pyridine rings is 1. The number of carbonyl (C=O) groups excluding carboxylic acids is 1. The maximum Gasteiger partial charge on any atom is 0.303 e. The van der Waals surface area contributed by atoms with Crippen molar-refractivity contribution in [2.45, 2.75) is 45.3 Å². The maximum absolute atomic E-state index is 13.2. The highest BCUT2D eigenvalue weighted by atomic mass is 35.5. The van der Waals surface area contributed by atoms with Crippen molar-refractivity contribution in [2.75, 3.05) is 19.7 Å². The van der Waals surface area contributed by atoms with Crippen molar-refractivity contribution in [3.05, 3.63) is 58.5 Å². The van der Waals surface area contributed by atoms with Crippen molar-refractivity contribution in [2.24, 2.45) is 0 Å². The Morgan fingerprint density at radius 1 is 1.22 bits per heavy atom. The van der Waals surface area contributed by atoms with E-state index in [0.29, 0.717) is 30.2 Å². The predicted molar refractivity (Wildman–Crippen MR) is 118 cm³/mol. The quantitative estimate of drug-likeness (QED) is 0.646.